The molecule has 10 heteroatoms. The summed E-state index contributed by atoms with van der Waals surface area (Å²) in [4.78, 5) is 12.3. The minimum atomic E-state index is -1.97. The predicted octanol–water partition coefficient (Wildman–Crippen LogP) is 6.22. The lowest BCUT2D eigenvalue weighted by Gasteiger charge is -2.16. The molecule has 1 heterocycles. The van der Waals surface area contributed by atoms with Crippen molar-refractivity contribution in [3.63, 3.8) is 0 Å². The van der Waals surface area contributed by atoms with E-state index in [-0.39, 0.29) is 17.5 Å². The Morgan fingerprint density at radius 2 is 1.35 bits per heavy atom. The van der Waals surface area contributed by atoms with Crippen LogP contribution in [-0.4, -0.2) is 15.0 Å². The molecule has 0 amide bonds. The minimum Gasteiger partial charge on any atom is -0.209 e. The van der Waals surface area contributed by atoms with Gasteiger partial charge in [0.2, 0.25) is 7.59 Å². The van der Waals surface area contributed by atoms with Crippen LogP contribution in [0.5, 0.6) is 0 Å². The highest BCUT2D eigenvalue weighted by atomic mass is 35.6. The lowest BCUT2D eigenvalue weighted by atomic mass is 9.99. The summed E-state index contributed by atoms with van der Waals surface area (Å²) >= 11 is 35.5. The standard InChI is InChI=1S/C16H6Cl6N4/c17-15(18,19)13-24-12(25-14(26-13)16(20,21)22)11-9(7-23)6-5-8-3-1-2-4-10(8)11/h1-6H. The van der Waals surface area contributed by atoms with Crippen LogP contribution in [0.25, 0.3) is 22.2 Å². The fourth-order valence-electron chi connectivity index (χ4n) is 2.35. The van der Waals surface area contributed by atoms with Gasteiger partial charge in [0.1, 0.15) is 0 Å². The smallest absolute Gasteiger partial charge is 0.209 e. The molecule has 0 radical (unpaired) electrons. The number of hydrogen-bond donors (Lipinski definition) is 0. The molecule has 3 aromatic rings. The van der Waals surface area contributed by atoms with Gasteiger partial charge in [0.05, 0.1) is 11.6 Å². The number of hydrogen-bond acceptors (Lipinski definition) is 4. The van der Waals surface area contributed by atoms with Crippen molar-refractivity contribution in [3.8, 4) is 17.5 Å². The molecule has 0 N–H and O–H groups in total. The van der Waals surface area contributed by atoms with Crippen molar-refractivity contribution in [1.82, 2.24) is 15.0 Å². The third-order valence-corrected chi connectivity index (χ3v) is 4.43. The van der Waals surface area contributed by atoms with Crippen molar-refractivity contribution in [3.05, 3.63) is 53.6 Å². The van der Waals surface area contributed by atoms with Gasteiger partial charge in [-0.25, -0.2) is 15.0 Å². The molecule has 0 aliphatic carbocycles. The average Bonchev–Trinajstić information content (AvgIpc) is 2.58. The topological polar surface area (TPSA) is 62.5 Å². The molecule has 3 rings (SSSR count). The second kappa shape index (κ2) is 7.16. The van der Waals surface area contributed by atoms with E-state index in [4.69, 9.17) is 69.6 Å². The fraction of sp³-hybridized carbons (Fsp3) is 0.125. The van der Waals surface area contributed by atoms with E-state index in [0.29, 0.717) is 11.1 Å². The Bertz CT molecular complexity index is 1000. The summed E-state index contributed by atoms with van der Waals surface area (Å²) in [6.07, 6.45) is 0. The monoisotopic (exact) mass is 464 g/mol. The number of nitriles is 1. The van der Waals surface area contributed by atoms with Crippen molar-refractivity contribution in [1.29, 1.82) is 5.26 Å². The van der Waals surface area contributed by atoms with Gasteiger partial charge in [-0.05, 0) is 16.8 Å². The Morgan fingerprint density at radius 3 is 1.88 bits per heavy atom. The third kappa shape index (κ3) is 3.94. The highest BCUT2D eigenvalue weighted by Crippen LogP contribution is 2.41. The van der Waals surface area contributed by atoms with Crippen LogP contribution in [0, 0.1) is 11.3 Å². The normalized spacial score (nSPS) is 12.2. The van der Waals surface area contributed by atoms with Crippen LogP contribution in [0.4, 0.5) is 0 Å². The largest absolute Gasteiger partial charge is 0.250 e. The van der Waals surface area contributed by atoms with Crippen LogP contribution in [-0.2, 0) is 7.59 Å². The van der Waals surface area contributed by atoms with Crippen LogP contribution in [0.2, 0.25) is 0 Å². The van der Waals surface area contributed by atoms with Gasteiger partial charge in [-0.1, -0.05) is 99.9 Å². The molecule has 0 bridgehead atoms. The number of aromatic nitrogens is 3. The van der Waals surface area contributed by atoms with Gasteiger partial charge in [-0.2, -0.15) is 5.26 Å². The summed E-state index contributed by atoms with van der Waals surface area (Å²) in [5.74, 6) is -0.368. The zero-order valence-electron chi connectivity index (χ0n) is 12.5. The van der Waals surface area contributed by atoms with Crippen molar-refractivity contribution in [2.75, 3.05) is 0 Å². The number of alkyl halides is 6. The molecule has 0 fully saturated rings. The first-order chi connectivity index (χ1) is 12.1. The van der Waals surface area contributed by atoms with E-state index in [2.05, 4.69) is 21.0 Å². The lowest BCUT2D eigenvalue weighted by molar-refractivity contribution is 0.851. The van der Waals surface area contributed by atoms with Crippen molar-refractivity contribution >= 4 is 80.4 Å². The van der Waals surface area contributed by atoms with E-state index in [9.17, 15) is 5.26 Å². The SMILES string of the molecule is N#Cc1ccc2ccccc2c1-c1nc(C(Cl)(Cl)Cl)nc(C(Cl)(Cl)Cl)n1. The molecule has 0 saturated heterocycles. The van der Waals surface area contributed by atoms with Gasteiger partial charge >= 0.3 is 0 Å². The fourth-order valence-corrected chi connectivity index (χ4v) is 2.85. The average molecular weight is 467 g/mol. The molecular formula is C16H6Cl6N4. The van der Waals surface area contributed by atoms with Crippen molar-refractivity contribution in [2.24, 2.45) is 0 Å². The van der Waals surface area contributed by atoms with Gasteiger partial charge < -0.3 is 0 Å². The molecule has 0 atom stereocenters. The second-order valence-corrected chi connectivity index (χ2v) is 9.69. The van der Waals surface area contributed by atoms with Crippen LogP contribution >= 0.6 is 69.6 Å². The Kier molecular flexibility index (Phi) is 5.43. The predicted molar refractivity (Wildman–Crippen MR) is 106 cm³/mol. The first-order valence-corrected chi connectivity index (χ1v) is 9.20. The first kappa shape index (κ1) is 19.7. The number of fused-ring (bicyclic) bond motifs is 1. The Hall–Kier alpha value is -1.06. The maximum Gasteiger partial charge on any atom is 0.250 e. The van der Waals surface area contributed by atoms with Gasteiger partial charge in [0, 0.05) is 5.56 Å². The minimum absolute atomic E-state index is 0.0657. The van der Waals surface area contributed by atoms with Crippen LogP contribution in [0.1, 0.15) is 17.2 Å². The molecule has 0 spiro atoms. The number of benzene rings is 2. The quantitative estimate of drug-likeness (QED) is 0.399. The molecule has 0 unspecified atom stereocenters. The second-order valence-electron chi connectivity index (χ2n) is 5.12. The maximum absolute atomic E-state index is 9.52. The van der Waals surface area contributed by atoms with Crippen LogP contribution < -0.4 is 0 Å². The van der Waals surface area contributed by atoms with Crippen molar-refractivity contribution < 1.29 is 0 Å². The first-order valence-electron chi connectivity index (χ1n) is 6.94. The molecule has 132 valence electrons. The highest BCUT2D eigenvalue weighted by molar-refractivity contribution is 6.67. The van der Waals surface area contributed by atoms with Crippen LogP contribution in [0.15, 0.2) is 36.4 Å². The van der Waals surface area contributed by atoms with Crippen LogP contribution in [0.3, 0.4) is 0 Å². The van der Waals surface area contributed by atoms with Gasteiger partial charge in [-0.15, -0.1) is 0 Å². The number of nitrogens with zero attached hydrogens (tertiary/aromatic N) is 4. The molecule has 0 aliphatic heterocycles. The van der Waals surface area contributed by atoms with E-state index in [1.54, 1.807) is 6.07 Å². The number of halogens is 6. The summed E-state index contributed by atoms with van der Waals surface area (Å²) in [5, 5.41) is 11.1. The highest BCUT2D eigenvalue weighted by Gasteiger charge is 2.34. The maximum atomic E-state index is 9.52. The van der Waals surface area contributed by atoms with E-state index < -0.39 is 7.59 Å². The van der Waals surface area contributed by atoms with Gasteiger partial charge in [0.25, 0.3) is 0 Å². The zero-order chi connectivity index (χ0) is 19.1. The molecule has 4 nitrogen and oxygen atoms in total. The molecular weight excluding hydrogens is 461 g/mol. The summed E-state index contributed by atoms with van der Waals surface area (Å²) in [7, 11) is 0. The summed E-state index contributed by atoms with van der Waals surface area (Å²) in [6.45, 7) is 0. The Morgan fingerprint density at radius 1 is 0.769 bits per heavy atom. The summed E-state index contributed by atoms with van der Waals surface area (Å²) in [6, 6.07) is 12.9. The Labute approximate surface area is 178 Å². The summed E-state index contributed by atoms with van der Waals surface area (Å²) in [5.41, 5.74) is 0.749. The number of rotatable bonds is 1. The molecule has 1 aromatic heterocycles. The molecule has 26 heavy (non-hydrogen) atoms. The molecule has 0 saturated carbocycles. The van der Waals surface area contributed by atoms with Gasteiger partial charge in [0.15, 0.2) is 17.5 Å². The van der Waals surface area contributed by atoms with Gasteiger partial charge in [-0.3, -0.25) is 0 Å². The van der Waals surface area contributed by atoms with E-state index in [1.165, 1.54) is 0 Å². The van der Waals surface area contributed by atoms with E-state index in [1.807, 2.05) is 30.3 Å². The van der Waals surface area contributed by atoms with E-state index in [0.717, 1.165) is 10.8 Å². The molecule has 2 aromatic carbocycles. The van der Waals surface area contributed by atoms with E-state index >= 15 is 0 Å². The van der Waals surface area contributed by atoms with Crippen molar-refractivity contribution in [2.45, 2.75) is 7.59 Å². The zero-order valence-corrected chi connectivity index (χ0v) is 17.1. The lowest BCUT2D eigenvalue weighted by Crippen LogP contribution is -2.17. The Balaban J connectivity index is 2.41. The summed E-state index contributed by atoms with van der Waals surface area (Å²) < 4.78 is -3.94. The third-order valence-electron chi connectivity index (χ3n) is 3.42. The molecule has 0 aliphatic rings.